The van der Waals surface area contributed by atoms with E-state index in [9.17, 15) is 9.59 Å². The van der Waals surface area contributed by atoms with E-state index in [0.717, 1.165) is 24.2 Å². The van der Waals surface area contributed by atoms with Gasteiger partial charge in [0.05, 0.1) is 13.2 Å². The zero-order chi connectivity index (χ0) is 20.6. The van der Waals surface area contributed by atoms with E-state index in [1.165, 1.54) is 0 Å². The molecule has 1 saturated heterocycles. The number of likely N-dealkylation sites (tertiary alicyclic amines) is 1. The molecule has 2 aromatic rings. The number of amides is 2. The van der Waals surface area contributed by atoms with Crippen molar-refractivity contribution in [3.63, 3.8) is 0 Å². The molecular formula is C22H28N4O3. The maximum absolute atomic E-state index is 12.6. The third kappa shape index (κ3) is 5.54. The number of hydrogen-bond acceptors (Lipinski definition) is 5. The van der Waals surface area contributed by atoms with Gasteiger partial charge in [-0.1, -0.05) is 24.3 Å². The molecule has 154 valence electrons. The molecule has 1 aliphatic rings. The van der Waals surface area contributed by atoms with E-state index in [4.69, 9.17) is 4.74 Å². The second kappa shape index (κ2) is 10.0. The van der Waals surface area contributed by atoms with Crippen molar-refractivity contribution < 1.29 is 14.3 Å². The van der Waals surface area contributed by atoms with Crippen molar-refractivity contribution in [2.24, 2.45) is 5.92 Å². The summed E-state index contributed by atoms with van der Waals surface area (Å²) in [6, 6.07) is 12.8. The van der Waals surface area contributed by atoms with Gasteiger partial charge < -0.3 is 15.4 Å². The number of rotatable bonds is 7. The number of carbonyl (C=O) groups is 2. The first-order chi connectivity index (χ1) is 14.1. The van der Waals surface area contributed by atoms with Gasteiger partial charge in [-0.2, -0.15) is 0 Å². The van der Waals surface area contributed by atoms with Gasteiger partial charge in [0, 0.05) is 24.2 Å². The summed E-state index contributed by atoms with van der Waals surface area (Å²) in [5.74, 6) is 1.25. The average molecular weight is 396 g/mol. The number of nitrogens with one attached hydrogen (secondary N) is 2. The van der Waals surface area contributed by atoms with E-state index in [-0.39, 0.29) is 23.8 Å². The van der Waals surface area contributed by atoms with Crippen LogP contribution in [0.2, 0.25) is 0 Å². The molecule has 1 aromatic heterocycles. The molecule has 2 N–H and O–H groups in total. The van der Waals surface area contributed by atoms with Crippen molar-refractivity contribution in [1.82, 2.24) is 15.2 Å². The molecule has 1 atom stereocenters. The van der Waals surface area contributed by atoms with E-state index < -0.39 is 0 Å². The van der Waals surface area contributed by atoms with Crippen LogP contribution >= 0.6 is 0 Å². The van der Waals surface area contributed by atoms with E-state index in [2.05, 4.69) is 20.5 Å². The lowest BCUT2D eigenvalue weighted by Gasteiger charge is -2.34. The molecule has 0 bridgehead atoms. The van der Waals surface area contributed by atoms with E-state index >= 15 is 0 Å². The molecule has 1 unspecified atom stereocenters. The van der Waals surface area contributed by atoms with E-state index in [1.54, 1.807) is 19.4 Å². The first-order valence-corrected chi connectivity index (χ1v) is 9.94. The molecule has 29 heavy (non-hydrogen) atoms. The number of pyridine rings is 1. The van der Waals surface area contributed by atoms with Crippen LogP contribution < -0.4 is 15.4 Å². The number of ether oxygens (including phenoxy) is 1. The number of carbonyl (C=O) groups excluding carboxylic acids is 2. The highest BCUT2D eigenvalue weighted by molar-refractivity contribution is 5.91. The predicted octanol–water partition coefficient (Wildman–Crippen LogP) is 2.45. The Labute approximate surface area is 171 Å². The van der Waals surface area contributed by atoms with Gasteiger partial charge in [-0.05, 0) is 51.1 Å². The maximum atomic E-state index is 12.6. The minimum Gasteiger partial charge on any atom is -0.496 e. The average Bonchev–Trinajstić information content (AvgIpc) is 2.78. The first-order valence-electron chi connectivity index (χ1n) is 9.94. The fourth-order valence-corrected chi connectivity index (χ4v) is 3.56. The summed E-state index contributed by atoms with van der Waals surface area (Å²) in [5.41, 5.74) is 0.945. The topological polar surface area (TPSA) is 83.6 Å². The summed E-state index contributed by atoms with van der Waals surface area (Å²) >= 11 is 0. The smallest absolute Gasteiger partial charge is 0.237 e. The van der Waals surface area contributed by atoms with Crippen LogP contribution in [0.1, 0.15) is 25.3 Å². The zero-order valence-corrected chi connectivity index (χ0v) is 16.9. The summed E-state index contributed by atoms with van der Waals surface area (Å²) in [6.45, 7) is 3.76. The third-order valence-corrected chi connectivity index (χ3v) is 5.39. The quantitative estimate of drug-likeness (QED) is 0.751. The minimum absolute atomic E-state index is 0.00312. The molecule has 3 rings (SSSR count). The van der Waals surface area contributed by atoms with Crippen LogP contribution in [0, 0.1) is 5.92 Å². The maximum Gasteiger partial charge on any atom is 0.237 e. The normalized spacial score (nSPS) is 16.1. The van der Waals surface area contributed by atoms with Crippen molar-refractivity contribution in [3.05, 3.63) is 54.2 Å². The van der Waals surface area contributed by atoms with Gasteiger partial charge in [0.15, 0.2) is 0 Å². The highest BCUT2D eigenvalue weighted by atomic mass is 16.5. The van der Waals surface area contributed by atoms with Crippen LogP contribution in [-0.4, -0.2) is 47.9 Å². The van der Waals surface area contributed by atoms with Crippen molar-refractivity contribution in [3.8, 4) is 5.75 Å². The van der Waals surface area contributed by atoms with E-state index in [0.29, 0.717) is 25.5 Å². The molecule has 0 aliphatic carbocycles. The SMILES string of the molecule is COc1ccccc1CNC(=O)C(C)N1CCC(C(=O)Nc2ccccn2)CC1. The number of anilines is 1. The van der Waals surface area contributed by atoms with Crippen LogP contribution in [0.4, 0.5) is 5.82 Å². The highest BCUT2D eigenvalue weighted by Gasteiger charge is 2.29. The van der Waals surface area contributed by atoms with Gasteiger partial charge in [-0.3, -0.25) is 14.5 Å². The molecule has 0 saturated carbocycles. The number of aromatic nitrogens is 1. The minimum atomic E-state index is -0.246. The summed E-state index contributed by atoms with van der Waals surface area (Å²) in [7, 11) is 1.62. The largest absolute Gasteiger partial charge is 0.496 e. The van der Waals surface area contributed by atoms with Gasteiger partial charge in [0.25, 0.3) is 0 Å². The predicted molar refractivity (Wildman–Crippen MR) is 111 cm³/mol. The molecule has 0 spiro atoms. The monoisotopic (exact) mass is 396 g/mol. The molecule has 1 aromatic carbocycles. The molecule has 1 aliphatic heterocycles. The third-order valence-electron chi connectivity index (χ3n) is 5.39. The van der Waals surface area contributed by atoms with Gasteiger partial charge in [-0.15, -0.1) is 0 Å². The fourth-order valence-electron chi connectivity index (χ4n) is 3.56. The second-order valence-electron chi connectivity index (χ2n) is 7.22. The molecule has 2 amide bonds. The highest BCUT2D eigenvalue weighted by Crippen LogP contribution is 2.21. The second-order valence-corrected chi connectivity index (χ2v) is 7.22. The van der Waals surface area contributed by atoms with Crippen LogP contribution in [0.15, 0.2) is 48.7 Å². The fraction of sp³-hybridized carbons (Fsp3) is 0.409. The van der Waals surface area contributed by atoms with Crippen LogP contribution in [0.25, 0.3) is 0 Å². The number of benzene rings is 1. The Morgan fingerprint density at radius 1 is 1.17 bits per heavy atom. The summed E-state index contributed by atoms with van der Waals surface area (Å²) in [5, 5.41) is 5.86. The zero-order valence-electron chi connectivity index (χ0n) is 16.9. The number of para-hydroxylation sites is 1. The molecule has 0 radical (unpaired) electrons. The first kappa shape index (κ1) is 20.8. The van der Waals surface area contributed by atoms with Crippen LogP contribution in [0.5, 0.6) is 5.75 Å². The lowest BCUT2D eigenvalue weighted by Crippen LogP contribution is -2.49. The molecule has 1 fully saturated rings. The van der Waals surface area contributed by atoms with Gasteiger partial charge in [0.1, 0.15) is 11.6 Å². The molecular weight excluding hydrogens is 368 g/mol. The number of nitrogens with zero attached hydrogens (tertiary/aromatic N) is 2. The molecule has 2 heterocycles. The van der Waals surface area contributed by atoms with Gasteiger partial charge >= 0.3 is 0 Å². The van der Waals surface area contributed by atoms with Crippen LogP contribution in [0.3, 0.4) is 0 Å². The standard InChI is InChI=1S/C22H28N4O3/c1-16(21(27)24-15-18-7-3-4-8-19(18)29-2)26-13-10-17(11-14-26)22(28)25-20-9-5-6-12-23-20/h3-9,12,16-17H,10-11,13-15H2,1-2H3,(H,24,27)(H,23,25,28). The Kier molecular flexibility index (Phi) is 7.19. The summed E-state index contributed by atoms with van der Waals surface area (Å²) in [4.78, 5) is 31.3. The summed E-state index contributed by atoms with van der Waals surface area (Å²) < 4.78 is 5.33. The lowest BCUT2D eigenvalue weighted by molar-refractivity contribution is -0.127. The van der Waals surface area contributed by atoms with Crippen molar-refractivity contribution in [2.75, 3.05) is 25.5 Å². The van der Waals surface area contributed by atoms with Crippen molar-refractivity contribution >= 4 is 17.6 Å². The van der Waals surface area contributed by atoms with E-state index in [1.807, 2.05) is 43.3 Å². The van der Waals surface area contributed by atoms with Gasteiger partial charge in [0.2, 0.25) is 11.8 Å². The summed E-state index contributed by atoms with van der Waals surface area (Å²) in [6.07, 6.45) is 3.11. The lowest BCUT2D eigenvalue weighted by atomic mass is 9.95. The molecule has 7 heteroatoms. The Hall–Kier alpha value is -2.93. The Bertz CT molecular complexity index is 820. The Morgan fingerprint density at radius 3 is 2.59 bits per heavy atom. The van der Waals surface area contributed by atoms with Crippen molar-refractivity contribution in [1.29, 1.82) is 0 Å². The van der Waals surface area contributed by atoms with Crippen LogP contribution in [-0.2, 0) is 16.1 Å². The molecule has 7 nitrogen and oxygen atoms in total. The number of methoxy groups -OCH3 is 1. The Balaban J connectivity index is 1.46. The number of hydrogen-bond donors (Lipinski definition) is 2. The van der Waals surface area contributed by atoms with Crippen molar-refractivity contribution in [2.45, 2.75) is 32.4 Å². The number of piperidine rings is 1. The Morgan fingerprint density at radius 2 is 1.90 bits per heavy atom. The van der Waals surface area contributed by atoms with Gasteiger partial charge in [-0.25, -0.2) is 4.98 Å².